The van der Waals surface area contributed by atoms with Crippen LogP contribution in [0.5, 0.6) is 0 Å². The Morgan fingerprint density at radius 1 is 1.28 bits per heavy atom. The Balaban J connectivity index is 1.49. The number of rotatable bonds is 7. The lowest BCUT2D eigenvalue weighted by Gasteiger charge is -2.28. The van der Waals surface area contributed by atoms with Crippen LogP contribution in [0.4, 0.5) is 0 Å². The summed E-state index contributed by atoms with van der Waals surface area (Å²) in [7, 11) is 0. The van der Waals surface area contributed by atoms with Crippen LogP contribution in [-0.4, -0.2) is 40.3 Å². The molecule has 1 aliphatic carbocycles. The minimum Gasteiger partial charge on any atom is -0.376 e. The minimum absolute atomic E-state index is 0.307. The van der Waals surface area contributed by atoms with Gasteiger partial charge in [-0.1, -0.05) is 11.2 Å². The fourth-order valence-electron chi connectivity index (χ4n) is 3.77. The summed E-state index contributed by atoms with van der Waals surface area (Å²) in [6.45, 7) is 6.90. The lowest BCUT2D eigenvalue weighted by molar-refractivity contribution is 0.0195. The molecule has 2 aromatic rings. The summed E-state index contributed by atoms with van der Waals surface area (Å²) in [5.41, 5.74) is 3.50. The normalized spacial score (nSPS) is 24.1. The summed E-state index contributed by atoms with van der Waals surface area (Å²) >= 11 is 0. The lowest BCUT2D eigenvalue weighted by atomic mass is 10.0. The van der Waals surface area contributed by atoms with Gasteiger partial charge in [-0.05, 0) is 57.1 Å². The molecule has 5 heteroatoms. The van der Waals surface area contributed by atoms with Crippen molar-refractivity contribution >= 4 is 0 Å². The average molecular weight is 341 g/mol. The van der Waals surface area contributed by atoms with E-state index < -0.39 is 0 Å². The van der Waals surface area contributed by atoms with E-state index >= 15 is 0 Å². The molecule has 2 fully saturated rings. The van der Waals surface area contributed by atoms with Crippen molar-refractivity contribution < 1.29 is 9.26 Å². The number of pyridine rings is 1. The molecule has 0 bridgehead atoms. The van der Waals surface area contributed by atoms with E-state index in [-0.39, 0.29) is 0 Å². The molecule has 2 aromatic heterocycles. The predicted octanol–water partition coefficient (Wildman–Crippen LogP) is 3.30. The standard InChI is InChI=1S/C20H27N3O2/c1-14-18(15(2)25-22-14)12-23-9-7-20(24-13-16-5-6-16)19(23)10-17-4-3-8-21-11-17/h3-4,8,11,16,19-20H,5-7,9-10,12-13H2,1-2H3/t19-,20-/m0/s1. The minimum atomic E-state index is 0.307. The van der Waals surface area contributed by atoms with E-state index in [4.69, 9.17) is 9.26 Å². The van der Waals surface area contributed by atoms with Crippen molar-refractivity contribution in [2.45, 2.75) is 58.2 Å². The van der Waals surface area contributed by atoms with E-state index in [1.165, 1.54) is 24.0 Å². The van der Waals surface area contributed by atoms with Crippen LogP contribution in [0, 0.1) is 19.8 Å². The molecule has 134 valence electrons. The molecule has 1 saturated heterocycles. The van der Waals surface area contributed by atoms with Crippen LogP contribution < -0.4 is 0 Å². The van der Waals surface area contributed by atoms with Gasteiger partial charge in [-0.2, -0.15) is 0 Å². The molecule has 2 aliphatic rings. The maximum absolute atomic E-state index is 6.32. The summed E-state index contributed by atoms with van der Waals surface area (Å²) in [4.78, 5) is 6.82. The van der Waals surface area contributed by atoms with Crippen molar-refractivity contribution in [2.24, 2.45) is 5.92 Å². The molecule has 3 heterocycles. The fourth-order valence-corrected chi connectivity index (χ4v) is 3.77. The molecule has 25 heavy (non-hydrogen) atoms. The Hall–Kier alpha value is -1.72. The first-order valence-corrected chi connectivity index (χ1v) is 9.37. The molecule has 0 N–H and O–H groups in total. The number of aryl methyl sites for hydroxylation is 2. The molecule has 1 saturated carbocycles. The van der Waals surface area contributed by atoms with Crippen LogP contribution in [0.2, 0.25) is 0 Å². The Labute approximate surface area is 149 Å². The van der Waals surface area contributed by atoms with E-state index in [1.54, 1.807) is 0 Å². The molecule has 1 aliphatic heterocycles. The molecule has 0 spiro atoms. The Morgan fingerprint density at radius 2 is 2.16 bits per heavy atom. The summed E-state index contributed by atoms with van der Waals surface area (Å²) in [5, 5.41) is 4.11. The first kappa shape index (κ1) is 16.7. The second-order valence-corrected chi connectivity index (χ2v) is 7.51. The van der Waals surface area contributed by atoms with Crippen LogP contribution in [-0.2, 0) is 17.7 Å². The monoisotopic (exact) mass is 341 g/mol. The number of hydrogen-bond acceptors (Lipinski definition) is 5. The van der Waals surface area contributed by atoms with E-state index in [1.807, 2.05) is 32.3 Å². The van der Waals surface area contributed by atoms with Gasteiger partial charge in [-0.15, -0.1) is 0 Å². The van der Waals surface area contributed by atoms with Gasteiger partial charge in [0.15, 0.2) is 0 Å². The van der Waals surface area contributed by atoms with Crippen LogP contribution in [0.3, 0.4) is 0 Å². The first-order chi connectivity index (χ1) is 12.2. The molecule has 0 aromatic carbocycles. The maximum atomic E-state index is 6.32. The van der Waals surface area contributed by atoms with Gasteiger partial charge in [0.05, 0.1) is 11.8 Å². The van der Waals surface area contributed by atoms with E-state index in [2.05, 4.69) is 21.1 Å². The van der Waals surface area contributed by atoms with Gasteiger partial charge in [-0.3, -0.25) is 9.88 Å². The Bertz CT molecular complexity index is 677. The highest BCUT2D eigenvalue weighted by Crippen LogP contribution is 2.32. The molecule has 0 unspecified atom stereocenters. The van der Waals surface area contributed by atoms with E-state index in [0.717, 1.165) is 49.9 Å². The third-order valence-electron chi connectivity index (χ3n) is 5.55. The van der Waals surface area contributed by atoms with Crippen molar-refractivity contribution in [3.63, 3.8) is 0 Å². The van der Waals surface area contributed by atoms with Crippen molar-refractivity contribution in [1.29, 1.82) is 0 Å². The van der Waals surface area contributed by atoms with Crippen LogP contribution >= 0.6 is 0 Å². The smallest absolute Gasteiger partial charge is 0.138 e. The van der Waals surface area contributed by atoms with Gasteiger partial charge in [-0.25, -0.2) is 0 Å². The van der Waals surface area contributed by atoms with Gasteiger partial charge in [0.1, 0.15) is 5.76 Å². The van der Waals surface area contributed by atoms with Gasteiger partial charge < -0.3 is 9.26 Å². The highest BCUT2D eigenvalue weighted by Gasteiger charge is 2.36. The number of hydrogen-bond donors (Lipinski definition) is 0. The summed E-state index contributed by atoms with van der Waals surface area (Å²) in [6, 6.07) is 4.57. The topological polar surface area (TPSA) is 51.4 Å². The molecule has 4 rings (SSSR count). The third kappa shape index (κ3) is 3.93. The SMILES string of the molecule is Cc1noc(C)c1CN1CC[C@H](OCC2CC2)[C@@H]1Cc1cccnc1. The van der Waals surface area contributed by atoms with Crippen LogP contribution in [0.25, 0.3) is 0 Å². The number of nitrogens with zero attached hydrogens (tertiary/aromatic N) is 3. The van der Waals surface area contributed by atoms with Gasteiger partial charge in [0.2, 0.25) is 0 Å². The highest BCUT2D eigenvalue weighted by molar-refractivity contribution is 5.21. The summed E-state index contributed by atoms with van der Waals surface area (Å²) in [6.07, 6.45) is 8.87. The molecule has 0 radical (unpaired) electrons. The number of likely N-dealkylation sites (tertiary alicyclic amines) is 1. The molecule has 5 nitrogen and oxygen atoms in total. The maximum Gasteiger partial charge on any atom is 0.138 e. The van der Waals surface area contributed by atoms with Gasteiger partial charge in [0, 0.05) is 43.7 Å². The number of aromatic nitrogens is 2. The molecular formula is C20H27N3O2. The molecule has 2 atom stereocenters. The highest BCUT2D eigenvalue weighted by atomic mass is 16.5. The van der Waals surface area contributed by atoms with E-state index in [9.17, 15) is 0 Å². The quantitative estimate of drug-likeness (QED) is 0.773. The Kier molecular flexibility index (Phi) is 4.86. The fraction of sp³-hybridized carbons (Fsp3) is 0.600. The largest absolute Gasteiger partial charge is 0.376 e. The third-order valence-corrected chi connectivity index (χ3v) is 5.55. The summed E-state index contributed by atoms with van der Waals surface area (Å²) in [5.74, 6) is 1.73. The van der Waals surface area contributed by atoms with Gasteiger partial charge >= 0.3 is 0 Å². The van der Waals surface area contributed by atoms with Crippen molar-refractivity contribution in [3.05, 3.63) is 47.1 Å². The molecular weight excluding hydrogens is 314 g/mol. The first-order valence-electron chi connectivity index (χ1n) is 9.37. The lowest BCUT2D eigenvalue weighted by Crippen LogP contribution is -2.38. The second-order valence-electron chi connectivity index (χ2n) is 7.51. The zero-order valence-electron chi connectivity index (χ0n) is 15.1. The van der Waals surface area contributed by atoms with Crippen molar-refractivity contribution in [1.82, 2.24) is 15.0 Å². The van der Waals surface area contributed by atoms with Crippen molar-refractivity contribution in [2.75, 3.05) is 13.2 Å². The Morgan fingerprint density at radius 3 is 2.84 bits per heavy atom. The molecule has 0 amide bonds. The zero-order chi connectivity index (χ0) is 17.2. The average Bonchev–Trinajstić information content (AvgIpc) is 3.31. The van der Waals surface area contributed by atoms with Crippen LogP contribution in [0.15, 0.2) is 29.0 Å². The predicted molar refractivity (Wildman–Crippen MR) is 95.2 cm³/mol. The zero-order valence-corrected chi connectivity index (χ0v) is 15.1. The van der Waals surface area contributed by atoms with Gasteiger partial charge in [0.25, 0.3) is 0 Å². The second kappa shape index (κ2) is 7.26. The summed E-state index contributed by atoms with van der Waals surface area (Å²) < 4.78 is 11.7. The van der Waals surface area contributed by atoms with Crippen molar-refractivity contribution in [3.8, 4) is 0 Å². The van der Waals surface area contributed by atoms with Crippen LogP contribution in [0.1, 0.15) is 41.8 Å². The number of ether oxygens (including phenoxy) is 1. The van der Waals surface area contributed by atoms with E-state index in [0.29, 0.717) is 12.1 Å².